The fraction of sp³-hybridized carbons (Fsp3) is 0.214. The van der Waals surface area contributed by atoms with Crippen molar-refractivity contribution in [2.45, 2.75) is 26.8 Å². The van der Waals surface area contributed by atoms with Crippen LogP contribution in [-0.2, 0) is 16.1 Å². The number of carbonyl (C=O) groups is 2. The standard InChI is InChI=1S/C28H28N2O4/c1-3-17-34-23-15-13-21(14-16-23)25-26(29-22-11-8-12-24(18-22)33-4-2)28(32)30(27(25)31)19-20-9-6-5-7-10-20/h5-16,18,29H,3-4,17,19H2,1-2H3. The number of carbonyl (C=O) groups excluding carboxylic acids is 2. The number of benzene rings is 3. The normalized spacial score (nSPS) is 13.4. The minimum absolute atomic E-state index is 0.198. The molecule has 3 aromatic carbocycles. The van der Waals surface area contributed by atoms with E-state index in [1.54, 1.807) is 0 Å². The Labute approximate surface area is 199 Å². The molecule has 1 aliphatic rings. The van der Waals surface area contributed by atoms with E-state index in [-0.39, 0.29) is 24.1 Å². The Morgan fingerprint density at radius 2 is 1.56 bits per heavy atom. The summed E-state index contributed by atoms with van der Waals surface area (Å²) in [5, 5.41) is 3.19. The first-order chi connectivity index (χ1) is 16.6. The summed E-state index contributed by atoms with van der Waals surface area (Å²) in [5.41, 5.74) is 2.79. The number of anilines is 1. The first kappa shape index (κ1) is 23.1. The number of ether oxygens (including phenoxy) is 2. The molecule has 1 N–H and O–H groups in total. The van der Waals surface area contributed by atoms with Gasteiger partial charge in [0.1, 0.15) is 17.2 Å². The highest BCUT2D eigenvalue weighted by molar-refractivity contribution is 6.36. The van der Waals surface area contributed by atoms with Gasteiger partial charge in [-0.3, -0.25) is 14.5 Å². The van der Waals surface area contributed by atoms with Crippen LogP contribution in [0, 0.1) is 0 Å². The molecule has 1 heterocycles. The minimum atomic E-state index is -0.364. The molecule has 34 heavy (non-hydrogen) atoms. The number of nitrogens with one attached hydrogen (secondary N) is 1. The molecule has 0 fully saturated rings. The fourth-order valence-corrected chi connectivity index (χ4v) is 3.78. The molecule has 0 saturated heterocycles. The second kappa shape index (κ2) is 10.7. The van der Waals surface area contributed by atoms with Crippen molar-refractivity contribution >= 4 is 23.1 Å². The lowest BCUT2D eigenvalue weighted by atomic mass is 10.0. The Morgan fingerprint density at radius 1 is 0.794 bits per heavy atom. The number of hydrogen-bond acceptors (Lipinski definition) is 5. The minimum Gasteiger partial charge on any atom is -0.494 e. The van der Waals surface area contributed by atoms with E-state index in [0.29, 0.717) is 35.8 Å². The van der Waals surface area contributed by atoms with E-state index >= 15 is 0 Å². The molecule has 4 rings (SSSR count). The van der Waals surface area contributed by atoms with Gasteiger partial charge in [-0.25, -0.2) is 0 Å². The highest BCUT2D eigenvalue weighted by Gasteiger charge is 2.39. The predicted octanol–water partition coefficient (Wildman–Crippen LogP) is 5.27. The highest BCUT2D eigenvalue weighted by Crippen LogP contribution is 2.33. The van der Waals surface area contributed by atoms with Crippen LogP contribution in [0.15, 0.2) is 84.6 Å². The van der Waals surface area contributed by atoms with Crippen molar-refractivity contribution in [3.63, 3.8) is 0 Å². The summed E-state index contributed by atoms with van der Waals surface area (Å²) in [4.78, 5) is 28.2. The van der Waals surface area contributed by atoms with Crippen molar-refractivity contribution in [1.29, 1.82) is 0 Å². The van der Waals surface area contributed by atoms with E-state index < -0.39 is 0 Å². The quantitative estimate of drug-likeness (QED) is 0.421. The van der Waals surface area contributed by atoms with Gasteiger partial charge in [0.15, 0.2) is 0 Å². The van der Waals surface area contributed by atoms with E-state index in [9.17, 15) is 9.59 Å². The van der Waals surface area contributed by atoms with Crippen LogP contribution in [0.2, 0.25) is 0 Å². The van der Waals surface area contributed by atoms with Crippen LogP contribution in [0.4, 0.5) is 5.69 Å². The van der Waals surface area contributed by atoms with E-state index in [0.717, 1.165) is 17.7 Å². The van der Waals surface area contributed by atoms with Crippen LogP contribution in [0.1, 0.15) is 31.4 Å². The molecule has 6 heteroatoms. The molecule has 3 aromatic rings. The van der Waals surface area contributed by atoms with Gasteiger partial charge in [-0.05, 0) is 48.7 Å². The second-order valence-electron chi connectivity index (χ2n) is 7.89. The average Bonchev–Trinajstić information content (AvgIpc) is 3.08. The molecule has 0 unspecified atom stereocenters. The van der Waals surface area contributed by atoms with Crippen LogP contribution < -0.4 is 14.8 Å². The van der Waals surface area contributed by atoms with Crippen molar-refractivity contribution in [2.24, 2.45) is 0 Å². The van der Waals surface area contributed by atoms with Gasteiger partial charge in [-0.2, -0.15) is 0 Å². The van der Waals surface area contributed by atoms with Crippen molar-refractivity contribution in [3.8, 4) is 11.5 Å². The SMILES string of the molecule is CCCOc1ccc(C2=C(Nc3cccc(OCC)c3)C(=O)N(Cc3ccccc3)C2=O)cc1. The molecule has 1 aliphatic heterocycles. The van der Waals surface area contributed by atoms with Gasteiger partial charge in [0.25, 0.3) is 11.8 Å². The van der Waals surface area contributed by atoms with E-state index in [2.05, 4.69) is 5.32 Å². The van der Waals surface area contributed by atoms with Gasteiger partial charge in [0.05, 0.1) is 25.3 Å². The van der Waals surface area contributed by atoms with Gasteiger partial charge >= 0.3 is 0 Å². The molecular formula is C28H28N2O4. The van der Waals surface area contributed by atoms with Gasteiger partial charge in [0.2, 0.25) is 0 Å². The first-order valence-corrected chi connectivity index (χ1v) is 11.5. The second-order valence-corrected chi connectivity index (χ2v) is 7.89. The van der Waals surface area contributed by atoms with Gasteiger partial charge < -0.3 is 14.8 Å². The number of hydrogen-bond donors (Lipinski definition) is 1. The van der Waals surface area contributed by atoms with Crippen LogP contribution in [0.5, 0.6) is 11.5 Å². The third kappa shape index (κ3) is 5.12. The number of amides is 2. The fourth-order valence-electron chi connectivity index (χ4n) is 3.78. The molecule has 0 aromatic heterocycles. The van der Waals surface area contributed by atoms with Crippen LogP contribution in [-0.4, -0.2) is 29.9 Å². The lowest BCUT2D eigenvalue weighted by Gasteiger charge is -2.15. The molecular weight excluding hydrogens is 428 g/mol. The van der Waals surface area contributed by atoms with E-state index in [1.807, 2.05) is 92.7 Å². The zero-order valence-corrected chi connectivity index (χ0v) is 19.4. The summed E-state index contributed by atoms with van der Waals surface area (Å²) in [6.07, 6.45) is 0.906. The van der Waals surface area contributed by atoms with Gasteiger partial charge in [-0.1, -0.05) is 55.5 Å². The average molecular weight is 457 g/mol. The van der Waals surface area contributed by atoms with Crippen LogP contribution in [0.25, 0.3) is 5.57 Å². The molecule has 0 aliphatic carbocycles. The first-order valence-electron chi connectivity index (χ1n) is 11.5. The van der Waals surface area contributed by atoms with Gasteiger partial charge in [-0.15, -0.1) is 0 Å². The van der Waals surface area contributed by atoms with Crippen molar-refractivity contribution < 1.29 is 19.1 Å². The molecule has 0 spiro atoms. The molecule has 0 bridgehead atoms. The number of imide groups is 1. The molecule has 6 nitrogen and oxygen atoms in total. The highest BCUT2D eigenvalue weighted by atomic mass is 16.5. The number of nitrogens with zero attached hydrogens (tertiary/aromatic N) is 1. The molecule has 0 atom stereocenters. The molecule has 0 saturated carbocycles. The maximum Gasteiger partial charge on any atom is 0.278 e. The molecule has 2 amide bonds. The van der Waals surface area contributed by atoms with Crippen LogP contribution in [0.3, 0.4) is 0 Å². The van der Waals surface area contributed by atoms with Crippen LogP contribution >= 0.6 is 0 Å². The number of rotatable bonds is 10. The summed E-state index contributed by atoms with van der Waals surface area (Å²) < 4.78 is 11.3. The van der Waals surface area contributed by atoms with Crippen molar-refractivity contribution in [2.75, 3.05) is 18.5 Å². The van der Waals surface area contributed by atoms with E-state index in [1.165, 1.54) is 4.90 Å². The smallest absolute Gasteiger partial charge is 0.278 e. The van der Waals surface area contributed by atoms with Gasteiger partial charge in [0, 0.05) is 11.8 Å². The van der Waals surface area contributed by atoms with E-state index in [4.69, 9.17) is 9.47 Å². The Kier molecular flexibility index (Phi) is 7.28. The topological polar surface area (TPSA) is 67.9 Å². The summed E-state index contributed by atoms with van der Waals surface area (Å²) in [6.45, 7) is 5.31. The van der Waals surface area contributed by atoms with Crippen molar-refractivity contribution in [3.05, 3.63) is 95.7 Å². The Balaban J connectivity index is 1.69. The monoisotopic (exact) mass is 456 g/mol. The third-order valence-electron chi connectivity index (χ3n) is 5.38. The maximum atomic E-state index is 13.5. The maximum absolute atomic E-state index is 13.5. The van der Waals surface area contributed by atoms with Crippen molar-refractivity contribution in [1.82, 2.24) is 4.90 Å². The zero-order valence-electron chi connectivity index (χ0n) is 19.4. The lowest BCUT2D eigenvalue weighted by Crippen LogP contribution is -2.31. The summed E-state index contributed by atoms with van der Waals surface area (Å²) in [5.74, 6) is 0.713. The largest absolute Gasteiger partial charge is 0.494 e. The lowest BCUT2D eigenvalue weighted by molar-refractivity contribution is -0.137. The molecule has 174 valence electrons. The summed E-state index contributed by atoms with van der Waals surface area (Å²) in [6, 6.07) is 24.1. The summed E-state index contributed by atoms with van der Waals surface area (Å²) in [7, 11) is 0. The Morgan fingerprint density at radius 3 is 2.26 bits per heavy atom. The molecule has 0 radical (unpaired) electrons. The Bertz CT molecular complexity index is 1190. The Hall–Kier alpha value is -4.06. The predicted molar refractivity (Wildman–Crippen MR) is 132 cm³/mol. The zero-order chi connectivity index (χ0) is 23.9. The third-order valence-corrected chi connectivity index (χ3v) is 5.38. The summed E-state index contributed by atoms with van der Waals surface area (Å²) >= 11 is 0.